The fraction of sp³-hybridized carbons (Fsp3) is 0.434. The van der Waals surface area contributed by atoms with Gasteiger partial charge < -0.3 is 48.1 Å². The Morgan fingerprint density at radius 2 is 1.33 bits per heavy atom. The van der Waals surface area contributed by atoms with Crippen molar-refractivity contribution in [1.82, 2.24) is 24.2 Å². The Kier molecular flexibility index (Phi) is 19.3. The standard InChI is InChI=1S/C53H65N5O12/c1-36-37(2)49(63)47(38(3)48(36)62)53(4,5)34-45(59)56(6)20-21-57(22-25-66-27-29-68-31-30-67-28-26-65-24-19-46(60)61)52(64)70-51-43(33-41-18-13-23-69-41)55-50-42(32-39-14-9-7-10-15-39)54-44(35-58(50)51)40-16-11-8-12-17-40/h7-18,23,35,46,60-61H,19-22,24-34H2,1-6H3. The molecule has 17 heteroatoms. The highest BCUT2D eigenvalue weighted by molar-refractivity contribution is 6.25. The second-order valence-electron chi connectivity index (χ2n) is 17.8. The van der Waals surface area contributed by atoms with Gasteiger partial charge in [0.15, 0.2) is 23.5 Å². The summed E-state index contributed by atoms with van der Waals surface area (Å²) >= 11 is 0. The number of aromatic nitrogens is 3. The van der Waals surface area contributed by atoms with Gasteiger partial charge in [0.25, 0.3) is 0 Å². The van der Waals surface area contributed by atoms with Crippen molar-refractivity contribution < 1.29 is 57.5 Å². The van der Waals surface area contributed by atoms with Gasteiger partial charge in [-0.1, -0.05) is 74.5 Å². The molecule has 0 atom stereocenters. The molecule has 0 bridgehead atoms. The van der Waals surface area contributed by atoms with Crippen LogP contribution in [0.2, 0.25) is 0 Å². The predicted molar refractivity (Wildman–Crippen MR) is 260 cm³/mol. The maximum atomic E-state index is 14.6. The summed E-state index contributed by atoms with van der Waals surface area (Å²) in [5, 5.41) is 17.8. The van der Waals surface area contributed by atoms with Crippen molar-refractivity contribution >= 4 is 29.2 Å². The molecule has 0 saturated heterocycles. The molecule has 5 aromatic rings. The first kappa shape index (κ1) is 53.0. The minimum atomic E-state index is -1.40. The number of ketones is 2. The van der Waals surface area contributed by atoms with Crippen LogP contribution in [0.5, 0.6) is 5.88 Å². The molecule has 1 aliphatic carbocycles. The van der Waals surface area contributed by atoms with Gasteiger partial charge in [-0.2, -0.15) is 0 Å². The third-order valence-corrected chi connectivity index (χ3v) is 12.1. The molecule has 3 heterocycles. The van der Waals surface area contributed by atoms with Gasteiger partial charge in [-0.15, -0.1) is 0 Å². The number of nitrogens with zero attached hydrogens (tertiary/aromatic N) is 5. The van der Waals surface area contributed by atoms with Crippen LogP contribution in [0, 0.1) is 5.41 Å². The van der Waals surface area contributed by atoms with E-state index < -0.39 is 17.8 Å². The highest BCUT2D eigenvalue weighted by Gasteiger charge is 2.39. The van der Waals surface area contributed by atoms with Crippen LogP contribution in [-0.4, -0.2) is 144 Å². The summed E-state index contributed by atoms with van der Waals surface area (Å²) in [6.07, 6.45) is 2.03. The van der Waals surface area contributed by atoms with Crippen LogP contribution in [0.1, 0.15) is 70.2 Å². The fourth-order valence-corrected chi connectivity index (χ4v) is 8.06. The van der Waals surface area contributed by atoms with E-state index >= 15 is 0 Å². The predicted octanol–water partition coefficient (Wildman–Crippen LogP) is 6.42. The summed E-state index contributed by atoms with van der Waals surface area (Å²) in [5.41, 5.74) is 4.69. The number of hydrogen-bond donors (Lipinski definition) is 2. The molecule has 0 radical (unpaired) electrons. The SMILES string of the molecule is CC1=C(C)C(=O)C(C(C)(C)CC(=O)N(C)CCN(CCOCCOCCOCCOCCC(O)O)C(=O)Oc2c(Cc3ccco3)nc3c(Cc4ccccc4)nc(-c4ccccc4)cn23)=C(C)C1=O. The van der Waals surface area contributed by atoms with Crippen LogP contribution in [-0.2, 0) is 46.2 Å². The number of fused-ring (bicyclic) bond motifs is 1. The van der Waals surface area contributed by atoms with Gasteiger partial charge in [0.1, 0.15) is 11.5 Å². The minimum absolute atomic E-state index is 0.0510. The molecule has 2 aromatic carbocycles. The normalized spacial score (nSPS) is 13.3. The highest BCUT2D eigenvalue weighted by Crippen LogP contribution is 2.39. The van der Waals surface area contributed by atoms with Gasteiger partial charge >= 0.3 is 6.09 Å². The zero-order valence-electron chi connectivity index (χ0n) is 41.0. The molecule has 70 heavy (non-hydrogen) atoms. The second-order valence-corrected chi connectivity index (χ2v) is 17.8. The van der Waals surface area contributed by atoms with Crippen LogP contribution in [0.25, 0.3) is 16.9 Å². The number of carbonyl (C=O) groups is 4. The lowest BCUT2D eigenvalue weighted by atomic mass is 9.71. The van der Waals surface area contributed by atoms with Gasteiger partial charge in [0.2, 0.25) is 11.8 Å². The smallest absolute Gasteiger partial charge is 0.416 e. The van der Waals surface area contributed by atoms with Crippen molar-refractivity contribution in [3.63, 3.8) is 0 Å². The van der Waals surface area contributed by atoms with Crippen LogP contribution in [0.15, 0.2) is 112 Å². The van der Waals surface area contributed by atoms with Gasteiger partial charge in [-0.3, -0.25) is 18.8 Å². The lowest BCUT2D eigenvalue weighted by Crippen LogP contribution is -2.43. The van der Waals surface area contributed by atoms with Crippen LogP contribution in [0.3, 0.4) is 0 Å². The Hall–Kier alpha value is -6.34. The fourth-order valence-electron chi connectivity index (χ4n) is 8.06. The van der Waals surface area contributed by atoms with Crippen LogP contribution >= 0.6 is 0 Å². The number of aliphatic hydroxyl groups is 2. The van der Waals surface area contributed by atoms with Gasteiger partial charge in [-0.05, 0) is 38.5 Å². The van der Waals surface area contributed by atoms with Gasteiger partial charge in [0, 0.05) is 85.4 Å². The summed E-state index contributed by atoms with van der Waals surface area (Å²) in [7, 11) is 1.64. The third kappa shape index (κ3) is 14.4. The molecule has 374 valence electrons. The lowest BCUT2D eigenvalue weighted by molar-refractivity contribution is -0.132. The summed E-state index contributed by atoms with van der Waals surface area (Å²) < 4.78 is 36.2. The highest BCUT2D eigenvalue weighted by atomic mass is 16.6. The van der Waals surface area contributed by atoms with E-state index in [2.05, 4.69) is 0 Å². The number of likely N-dealkylation sites (N-methyl/N-ethyl adjacent to an activating group) is 1. The number of hydrogen-bond acceptors (Lipinski definition) is 14. The number of furan rings is 1. The molecule has 0 spiro atoms. The van der Waals surface area contributed by atoms with Crippen molar-refractivity contribution in [2.75, 3.05) is 79.5 Å². The topological polar surface area (TPSA) is 205 Å². The molecule has 17 nitrogen and oxygen atoms in total. The van der Waals surface area contributed by atoms with E-state index in [-0.39, 0.29) is 88.7 Å². The second kappa shape index (κ2) is 25.5. The van der Waals surface area contributed by atoms with Crippen molar-refractivity contribution in [3.05, 3.63) is 130 Å². The first-order valence-corrected chi connectivity index (χ1v) is 23.5. The molecule has 1 aliphatic rings. The Labute approximate surface area is 408 Å². The Bertz CT molecular complexity index is 2600. The van der Waals surface area contributed by atoms with Crippen molar-refractivity contribution in [1.29, 1.82) is 0 Å². The lowest BCUT2D eigenvalue weighted by Gasteiger charge is -2.33. The van der Waals surface area contributed by atoms with E-state index in [0.717, 1.165) is 11.1 Å². The number of benzene rings is 2. The monoisotopic (exact) mass is 963 g/mol. The van der Waals surface area contributed by atoms with E-state index in [1.807, 2.05) is 72.9 Å². The van der Waals surface area contributed by atoms with Crippen LogP contribution < -0.4 is 4.74 Å². The molecular weight excluding hydrogens is 899 g/mol. The number of imidazole rings is 1. The Morgan fingerprint density at radius 1 is 0.714 bits per heavy atom. The Morgan fingerprint density at radius 3 is 1.96 bits per heavy atom. The summed E-state index contributed by atoms with van der Waals surface area (Å²) in [6.45, 7) is 10.9. The molecule has 0 unspecified atom stereocenters. The summed E-state index contributed by atoms with van der Waals surface area (Å²) in [4.78, 5) is 68.1. The number of ether oxygens (including phenoxy) is 5. The third-order valence-electron chi connectivity index (χ3n) is 12.1. The molecule has 0 fully saturated rings. The van der Waals surface area contributed by atoms with E-state index in [4.69, 9.17) is 48.3 Å². The molecule has 2 N–H and O–H groups in total. The zero-order chi connectivity index (χ0) is 50.2. The quantitative estimate of drug-likeness (QED) is 0.0331. The van der Waals surface area contributed by atoms with Crippen molar-refractivity contribution in [3.8, 4) is 17.1 Å². The number of aliphatic hydroxyl groups excluding tert-OH is 1. The number of amides is 2. The first-order valence-electron chi connectivity index (χ1n) is 23.5. The number of Topliss-reactive ketones (excluding diaryl/α,β-unsaturated/α-hetero) is 2. The first-order chi connectivity index (χ1) is 33.6. The minimum Gasteiger partial charge on any atom is -0.469 e. The van der Waals surface area contributed by atoms with E-state index in [9.17, 15) is 19.2 Å². The summed E-state index contributed by atoms with van der Waals surface area (Å²) in [5.74, 6) is 0.0823. The Balaban J connectivity index is 1.20. The van der Waals surface area contributed by atoms with Crippen LogP contribution in [0.4, 0.5) is 4.79 Å². The summed E-state index contributed by atoms with van der Waals surface area (Å²) in [6, 6.07) is 23.3. The maximum Gasteiger partial charge on any atom is 0.416 e. The largest absolute Gasteiger partial charge is 0.469 e. The van der Waals surface area contributed by atoms with E-state index in [0.29, 0.717) is 83.6 Å². The average molecular weight is 964 g/mol. The molecule has 3 aromatic heterocycles. The van der Waals surface area contributed by atoms with Gasteiger partial charge in [-0.25, -0.2) is 14.8 Å². The number of rotatable bonds is 27. The molecule has 0 saturated carbocycles. The average Bonchev–Trinajstić information content (AvgIpc) is 3.99. The van der Waals surface area contributed by atoms with Crippen molar-refractivity contribution in [2.45, 2.75) is 66.6 Å². The van der Waals surface area contributed by atoms with Gasteiger partial charge in [0.05, 0.1) is 76.9 Å². The van der Waals surface area contributed by atoms with E-state index in [1.54, 1.807) is 58.4 Å². The number of carbonyl (C=O) groups excluding carboxylic acids is 4. The molecule has 2 amide bonds. The number of allylic oxidation sites excluding steroid dienone is 4. The molecule has 6 rings (SSSR count). The molecule has 0 aliphatic heterocycles. The van der Waals surface area contributed by atoms with Crippen molar-refractivity contribution in [2.24, 2.45) is 5.41 Å². The zero-order valence-corrected chi connectivity index (χ0v) is 41.0. The molecular formula is C53H65N5O12. The van der Waals surface area contributed by atoms with E-state index in [1.165, 1.54) is 9.80 Å². The maximum absolute atomic E-state index is 14.6.